The summed E-state index contributed by atoms with van der Waals surface area (Å²) >= 11 is 0. The van der Waals surface area contributed by atoms with Crippen molar-refractivity contribution in [2.75, 3.05) is 0 Å². The molecule has 0 aromatic carbocycles. The average Bonchev–Trinajstić information content (AvgIpc) is 2.58. The molecule has 0 saturated carbocycles. The lowest BCUT2D eigenvalue weighted by molar-refractivity contribution is 1.25. The minimum atomic E-state index is 0.915. The summed E-state index contributed by atoms with van der Waals surface area (Å²) in [6.45, 7) is 3.57. The van der Waals surface area contributed by atoms with Crippen molar-refractivity contribution in [1.82, 2.24) is 15.0 Å². The number of nitrogens with zero attached hydrogens (tertiary/aromatic N) is 3. The highest BCUT2D eigenvalue weighted by Gasteiger charge is 1.95. The van der Waals surface area contributed by atoms with Gasteiger partial charge in [-0.3, -0.25) is 15.0 Å². The highest BCUT2D eigenvalue weighted by molar-refractivity contribution is 5.52. The Balaban J connectivity index is 0.000000160. The smallest absolute Gasteiger partial charge is 0.0886 e. The monoisotopic (exact) mass is 261 g/mol. The predicted molar refractivity (Wildman–Crippen MR) is 81.8 cm³/mol. The van der Waals surface area contributed by atoms with Gasteiger partial charge in [0.15, 0.2) is 0 Å². The topological polar surface area (TPSA) is 38.7 Å². The van der Waals surface area contributed by atoms with Crippen molar-refractivity contribution in [3.05, 3.63) is 85.5 Å². The summed E-state index contributed by atoms with van der Waals surface area (Å²) < 4.78 is 0. The molecule has 20 heavy (non-hydrogen) atoms. The van der Waals surface area contributed by atoms with E-state index in [0.717, 1.165) is 17.1 Å². The van der Waals surface area contributed by atoms with Crippen LogP contribution in [-0.2, 0) is 0 Å². The van der Waals surface area contributed by atoms with Crippen molar-refractivity contribution in [2.45, 2.75) is 0 Å². The van der Waals surface area contributed by atoms with Crippen molar-refractivity contribution >= 4 is 6.08 Å². The summed E-state index contributed by atoms with van der Waals surface area (Å²) in [7, 11) is 0. The maximum absolute atomic E-state index is 4.19. The quantitative estimate of drug-likeness (QED) is 0.703. The van der Waals surface area contributed by atoms with E-state index >= 15 is 0 Å². The van der Waals surface area contributed by atoms with Gasteiger partial charge in [-0.15, -0.1) is 0 Å². The molecule has 0 amide bonds. The molecule has 3 rings (SSSR count). The van der Waals surface area contributed by atoms with Crippen LogP contribution in [0.1, 0.15) is 5.69 Å². The SMILES string of the molecule is C=Cc1ccccn1.c1ccc(-c2ccccn2)nc1. The fraction of sp³-hybridized carbons (Fsp3) is 0. The van der Waals surface area contributed by atoms with Crippen molar-refractivity contribution in [2.24, 2.45) is 0 Å². The Morgan fingerprint density at radius 2 is 1.15 bits per heavy atom. The van der Waals surface area contributed by atoms with Crippen LogP contribution >= 0.6 is 0 Å². The maximum atomic E-state index is 4.19. The first-order valence-corrected chi connectivity index (χ1v) is 6.26. The normalized spacial score (nSPS) is 9.20. The molecule has 0 unspecified atom stereocenters. The molecular weight excluding hydrogens is 246 g/mol. The Morgan fingerprint density at radius 1 is 0.650 bits per heavy atom. The molecule has 0 radical (unpaired) electrons. The second-order valence-electron chi connectivity index (χ2n) is 3.89. The minimum absolute atomic E-state index is 0.915. The first-order valence-electron chi connectivity index (χ1n) is 6.26. The summed E-state index contributed by atoms with van der Waals surface area (Å²) in [6, 6.07) is 17.3. The van der Waals surface area contributed by atoms with Crippen LogP contribution in [0.5, 0.6) is 0 Å². The molecule has 0 spiro atoms. The van der Waals surface area contributed by atoms with Crippen molar-refractivity contribution in [1.29, 1.82) is 0 Å². The third kappa shape index (κ3) is 4.14. The van der Waals surface area contributed by atoms with Gasteiger partial charge in [-0.05, 0) is 42.5 Å². The molecule has 3 aromatic heterocycles. The molecule has 0 atom stereocenters. The van der Waals surface area contributed by atoms with Crippen LogP contribution in [0.2, 0.25) is 0 Å². The Kier molecular flexibility index (Phi) is 5.17. The largest absolute Gasteiger partial charge is 0.257 e. The van der Waals surface area contributed by atoms with Crippen molar-refractivity contribution in [3.8, 4) is 11.4 Å². The molecule has 0 aliphatic heterocycles. The highest BCUT2D eigenvalue weighted by Crippen LogP contribution is 2.10. The van der Waals surface area contributed by atoms with Gasteiger partial charge in [0.25, 0.3) is 0 Å². The van der Waals surface area contributed by atoms with E-state index in [9.17, 15) is 0 Å². The Morgan fingerprint density at radius 3 is 1.45 bits per heavy atom. The highest BCUT2D eigenvalue weighted by atomic mass is 14.7. The number of rotatable bonds is 2. The third-order valence-electron chi connectivity index (χ3n) is 2.49. The lowest BCUT2D eigenvalue weighted by Gasteiger charge is -1.96. The zero-order valence-electron chi connectivity index (χ0n) is 11.1. The van der Waals surface area contributed by atoms with Gasteiger partial charge in [-0.25, -0.2) is 0 Å². The summed E-state index contributed by atoms with van der Waals surface area (Å²) in [5, 5.41) is 0. The zero-order chi connectivity index (χ0) is 14.0. The van der Waals surface area contributed by atoms with Gasteiger partial charge in [0, 0.05) is 18.6 Å². The van der Waals surface area contributed by atoms with E-state index in [-0.39, 0.29) is 0 Å². The van der Waals surface area contributed by atoms with Gasteiger partial charge in [0.1, 0.15) is 0 Å². The van der Waals surface area contributed by atoms with Gasteiger partial charge in [0.2, 0.25) is 0 Å². The molecule has 0 bridgehead atoms. The lowest BCUT2D eigenvalue weighted by Crippen LogP contribution is -1.83. The van der Waals surface area contributed by atoms with E-state index in [1.807, 2.05) is 54.6 Å². The van der Waals surface area contributed by atoms with E-state index in [0.29, 0.717) is 0 Å². The Hall–Kier alpha value is -2.81. The average molecular weight is 261 g/mol. The minimum Gasteiger partial charge on any atom is -0.257 e. The summed E-state index contributed by atoms with van der Waals surface area (Å²) in [4.78, 5) is 12.4. The molecule has 0 aliphatic carbocycles. The lowest BCUT2D eigenvalue weighted by atomic mass is 10.2. The van der Waals surface area contributed by atoms with Gasteiger partial charge < -0.3 is 0 Å². The fourth-order valence-corrected chi connectivity index (χ4v) is 1.53. The standard InChI is InChI=1S/C10H8N2.C7H7N/c1-3-7-11-9(5-1)10-6-2-4-8-12-10;1-2-7-5-3-4-6-8-7/h1-8H;2-6H,1H2. The molecule has 3 heterocycles. The first-order chi connectivity index (χ1) is 9.90. The van der Waals surface area contributed by atoms with E-state index in [4.69, 9.17) is 0 Å². The molecule has 0 saturated heterocycles. The van der Waals surface area contributed by atoms with Crippen LogP contribution < -0.4 is 0 Å². The third-order valence-corrected chi connectivity index (χ3v) is 2.49. The Labute approximate surface area is 118 Å². The summed E-state index contributed by atoms with van der Waals surface area (Å²) in [5.74, 6) is 0. The molecular formula is C17H15N3. The first kappa shape index (κ1) is 13.6. The van der Waals surface area contributed by atoms with Crippen molar-refractivity contribution in [3.63, 3.8) is 0 Å². The van der Waals surface area contributed by atoms with Crippen LogP contribution in [0.4, 0.5) is 0 Å². The molecule has 0 aliphatic rings. The molecule has 98 valence electrons. The number of hydrogen-bond donors (Lipinski definition) is 0. The van der Waals surface area contributed by atoms with Gasteiger partial charge >= 0.3 is 0 Å². The van der Waals surface area contributed by atoms with Gasteiger partial charge in [-0.1, -0.05) is 24.8 Å². The fourth-order valence-electron chi connectivity index (χ4n) is 1.53. The Bertz CT molecular complexity index is 585. The van der Waals surface area contributed by atoms with Crippen LogP contribution in [0.3, 0.4) is 0 Å². The molecule has 3 nitrogen and oxygen atoms in total. The van der Waals surface area contributed by atoms with E-state index in [1.54, 1.807) is 24.7 Å². The van der Waals surface area contributed by atoms with Crippen molar-refractivity contribution < 1.29 is 0 Å². The van der Waals surface area contributed by atoms with E-state index in [1.165, 1.54) is 0 Å². The molecule has 3 aromatic rings. The van der Waals surface area contributed by atoms with Crippen LogP contribution in [0, 0.1) is 0 Å². The number of pyridine rings is 3. The predicted octanol–water partition coefficient (Wildman–Crippen LogP) is 3.87. The molecule has 3 heteroatoms. The van der Waals surface area contributed by atoms with Crippen LogP contribution in [0.25, 0.3) is 17.5 Å². The summed E-state index contributed by atoms with van der Waals surface area (Å²) in [5.41, 5.74) is 2.75. The zero-order valence-corrected chi connectivity index (χ0v) is 11.1. The molecule has 0 N–H and O–H groups in total. The number of aromatic nitrogens is 3. The van der Waals surface area contributed by atoms with Crippen LogP contribution in [0.15, 0.2) is 79.8 Å². The maximum Gasteiger partial charge on any atom is 0.0886 e. The van der Waals surface area contributed by atoms with E-state index < -0.39 is 0 Å². The van der Waals surface area contributed by atoms with Gasteiger partial charge in [-0.2, -0.15) is 0 Å². The second-order valence-corrected chi connectivity index (χ2v) is 3.89. The second kappa shape index (κ2) is 7.59. The van der Waals surface area contributed by atoms with Crippen LogP contribution in [-0.4, -0.2) is 15.0 Å². The van der Waals surface area contributed by atoms with E-state index in [2.05, 4.69) is 21.5 Å². The summed E-state index contributed by atoms with van der Waals surface area (Å²) in [6.07, 6.45) is 7.00. The van der Waals surface area contributed by atoms with Gasteiger partial charge in [0.05, 0.1) is 17.1 Å². The number of hydrogen-bond acceptors (Lipinski definition) is 3. The molecule has 0 fully saturated rings.